The van der Waals surface area contributed by atoms with E-state index in [0.717, 1.165) is 48.4 Å². The molecule has 0 saturated carbocycles. The minimum absolute atomic E-state index is 0.0246. The van der Waals surface area contributed by atoms with E-state index < -0.39 is 0 Å². The van der Waals surface area contributed by atoms with Gasteiger partial charge >= 0.3 is 0 Å². The molecule has 1 aromatic carbocycles. The molecule has 0 spiro atoms. The van der Waals surface area contributed by atoms with Crippen LogP contribution in [-0.4, -0.2) is 39.2 Å². The van der Waals surface area contributed by atoms with E-state index in [1.54, 1.807) is 16.8 Å². The summed E-state index contributed by atoms with van der Waals surface area (Å²) in [6.07, 6.45) is 3.44. The Morgan fingerprint density at radius 1 is 1.31 bits per heavy atom. The molecule has 6 heteroatoms. The molecule has 26 heavy (non-hydrogen) atoms. The Bertz CT molecular complexity index is 782. The lowest BCUT2D eigenvalue weighted by molar-refractivity contribution is -0.134. The topological polar surface area (TPSA) is 64.2 Å². The van der Waals surface area contributed by atoms with Crippen molar-refractivity contribution in [3.05, 3.63) is 47.0 Å². The van der Waals surface area contributed by atoms with Gasteiger partial charge in [0.2, 0.25) is 5.91 Å². The quantitative estimate of drug-likeness (QED) is 0.914. The van der Waals surface area contributed by atoms with E-state index in [2.05, 4.69) is 5.10 Å². The van der Waals surface area contributed by atoms with Crippen LogP contribution in [0.5, 0.6) is 0 Å². The zero-order chi connectivity index (χ0) is 18.8. The zero-order valence-electron chi connectivity index (χ0n) is 15.7. The fourth-order valence-corrected chi connectivity index (χ4v) is 3.83. The van der Waals surface area contributed by atoms with Crippen LogP contribution in [0.15, 0.2) is 24.3 Å². The molecule has 1 aliphatic rings. The highest BCUT2D eigenvalue weighted by Crippen LogP contribution is 2.23. The number of piperidine rings is 1. The molecule has 1 aliphatic heterocycles. The molecule has 5 nitrogen and oxygen atoms in total. The fourth-order valence-electron chi connectivity index (χ4n) is 3.83. The number of nitrogens with zero attached hydrogens (tertiary/aromatic N) is 3. The Hall–Kier alpha value is -2.21. The van der Waals surface area contributed by atoms with Gasteiger partial charge in [-0.05, 0) is 64.3 Å². The SMILES string of the molecule is Cc1nn(-c2ccc(F)cc2)c(C)c1CC(=O)N1CCCCC1C(C)N. The highest BCUT2D eigenvalue weighted by molar-refractivity contribution is 5.80. The van der Waals surface area contributed by atoms with Gasteiger partial charge in [0.15, 0.2) is 0 Å². The Morgan fingerprint density at radius 2 is 2.00 bits per heavy atom. The lowest BCUT2D eigenvalue weighted by atomic mass is 9.96. The Morgan fingerprint density at radius 3 is 2.65 bits per heavy atom. The van der Waals surface area contributed by atoms with Crippen LogP contribution in [0.3, 0.4) is 0 Å². The molecule has 2 heterocycles. The van der Waals surface area contributed by atoms with E-state index in [1.165, 1.54) is 12.1 Å². The Balaban J connectivity index is 1.83. The van der Waals surface area contributed by atoms with Gasteiger partial charge in [-0.2, -0.15) is 5.10 Å². The van der Waals surface area contributed by atoms with Crippen LogP contribution < -0.4 is 5.73 Å². The number of hydrogen-bond donors (Lipinski definition) is 1. The van der Waals surface area contributed by atoms with E-state index in [4.69, 9.17) is 5.73 Å². The minimum atomic E-state index is -0.280. The molecule has 2 unspecified atom stereocenters. The number of nitrogens with two attached hydrogens (primary N) is 1. The second-order valence-electron chi connectivity index (χ2n) is 7.22. The molecule has 1 amide bonds. The van der Waals surface area contributed by atoms with Gasteiger partial charge in [-0.1, -0.05) is 0 Å². The number of benzene rings is 1. The lowest BCUT2D eigenvalue weighted by Crippen LogP contribution is -2.52. The lowest BCUT2D eigenvalue weighted by Gasteiger charge is -2.38. The summed E-state index contributed by atoms with van der Waals surface area (Å²) in [5.74, 6) is -0.172. The van der Waals surface area contributed by atoms with Crippen molar-refractivity contribution in [1.29, 1.82) is 0 Å². The number of aryl methyl sites for hydroxylation is 1. The average Bonchev–Trinajstić information content (AvgIpc) is 2.90. The first-order valence-electron chi connectivity index (χ1n) is 9.24. The third-order valence-corrected chi connectivity index (χ3v) is 5.32. The maximum absolute atomic E-state index is 13.2. The summed E-state index contributed by atoms with van der Waals surface area (Å²) < 4.78 is 15.0. The van der Waals surface area contributed by atoms with Crippen LogP contribution in [0.1, 0.15) is 43.1 Å². The second-order valence-corrected chi connectivity index (χ2v) is 7.22. The summed E-state index contributed by atoms with van der Waals surface area (Å²) in [5, 5.41) is 4.56. The monoisotopic (exact) mass is 358 g/mol. The van der Waals surface area contributed by atoms with Gasteiger partial charge in [0.05, 0.1) is 17.8 Å². The third kappa shape index (κ3) is 3.65. The van der Waals surface area contributed by atoms with Crippen molar-refractivity contribution in [2.24, 2.45) is 5.73 Å². The first kappa shape index (κ1) is 18.6. The molecule has 1 saturated heterocycles. The van der Waals surface area contributed by atoms with E-state index in [0.29, 0.717) is 6.42 Å². The molecule has 140 valence electrons. The van der Waals surface area contributed by atoms with Crippen molar-refractivity contribution in [2.75, 3.05) is 6.54 Å². The molecule has 2 aromatic rings. The molecule has 0 bridgehead atoms. The highest BCUT2D eigenvalue weighted by Gasteiger charge is 2.30. The number of amides is 1. The van der Waals surface area contributed by atoms with Crippen LogP contribution in [-0.2, 0) is 11.2 Å². The van der Waals surface area contributed by atoms with Gasteiger partial charge in [0, 0.05) is 29.9 Å². The first-order chi connectivity index (χ1) is 12.4. The fraction of sp³-hybridized carbons (Fsp3) is 0.500. The van der Waals surface area contributed by atoms with Crippen LogP contribution in [0.2, 0.25) is 0 Å². The van der Waals surface area contributed by atoms with Gasteiger partial charge in [0.25, 0.3) is 0 Å². The van der Waals surface area contributed by atoms with Crippen molar-refractivity contribution in [1.82, 2.24) is 14.7 Å². The van der Waals surface area contributed by atoms with E-state index in [-0.39, 0.29) is 23.8 Å². The van der Waals surface area contributed by atoms with Gasteiger partial charge in [-0.25, -0.2) is 9.07 Å². The van der Waals surface area contributed by atoms with Crippen molar-refractivity contribution in [2.45, 2.75) is 58.5 Å². The molecule has 3 rings (SSSR count). The summed E-state index contributed by atoms with van der Waals surface area (Å²) >= 11 is 0. The second kappa shape index (κ2) is 7.58. The van der Waals surface area contributed by atoms with E-state index in [9.17, 15) is 9.18 Å². The summed E-state index contributed by atoms with van der Waals surface area (Å²) in [6, 6.07) is 6.30. The van der Waals surface area contributed by atoms with E-state index >= 15 is 0 Å². The standard InChI is InChI=1S/C20H27FN4O/c1-13(22)19-6-4-5-11-24(19)20(26)12-18-14(2)23-25(15(18)3)17-9-7-16(21)8-10-17/h7-10,13,19H,4-6,11-12,22H2,1-3H3. The molecular weight excluding hydrogens is 331 g/mol. The van der Waals surface area contributed by atoms with Crippen LogP contribution in [0.4, 0.5) is 4.39 Å². The molecular formula is C20H27FN4O. The van der Waals surface area contributed by atoms with E-state index in [1.807, 2.05) is 25.7 Å². The number of rotatable bonds is 4. The van der Waals surface area contributed by atoms with Crippen LogP contribution in [0, 0.1) is 19.7 Å². The number of carbonyl (C=O) groups is 1. The largest absolute Gasteiger partial charge is 0.338 e. The summed E-state index contributed by atoms with van der Waals surface area (Å²) in [4.78, 5) is 14.9. The van der Waals surface area contributed by atoms with Gasteiger partial charge in [-0.15, -0.1) is 0 Å². The number of carbonyl (C=O) groups excluding carboxylic acids is 1. The maximum atomic E-state index is 13.2. The zero-order valence-corrected chi connectivity index (χ0v) is 15.7. The predicted molar refractivity (Wildman–Crippen MR) is 99.7 cm³/mol. The third-order valence-electron chi connectivity index (χ3n) is 5.32. The minimum Gasteiger partial charge on any atom is -0.338 e. The van der Waals surface area contributed by atoms with Crippen molar-refractivity contribution in [3.63, 3.8) is 0 Å². The Kier molecular flexibility index (Phi) is 5.41. The predicted octanol–water partition coefficient (Wildman–Crippen LogP) is 2.90. The highest BCUT2D eigenvalue weighted by atomic mass is 19.1. The number of halogens is 1. The maximum Gasteiger partial charge on any atom is 0.227 e. The molecule has 2 N–H and O–H groups in total. The molecule has 0 radical (unpaired) electrons. The molecule has 1 aromatic heterocycles. The van der Waals surface area contributed by atoms with Crippen LogP contribution in [0.25, 0.3) is 5.69 Å². The van der Waals surface area contributed by atoms with Crippen molar-refractivity contribution < 1.29 is 9.18 Å². The van der Waals surface area contributed by atoms with Crippen molar-refractivity contribution in [3.8, 4) is 5.69 Å². The average molecular weight is 358 g/mol. The van der Waals surface area contributed by atoms with Gasteiger partial charge in [0.1, 0.15) is 5.82 Å². The van der Waals surface area contributed by atoms with Gasteiger partial charge in [-0.3, -0.25) is 4.79 Å². The number of likely N-dealkylation sites (tertiary alicyclic amines) is 1. The van der Waals surface area contributed by atoms with Gasteiger partial charge < -0.3 is 10.6 Å². The smallest absolute Gasteiger partial charge is 0.227 e. The summed E-state index contributed by atoms with van der Waals surface area (Å²) in [5.41, 5.74) is 9.57. The normalized spacial score (nSPS) is 18.8. The first-order valence-corrected chi connectivity index (χ1v) is 9.24. The van der Waals surface area contributed by atoms with Crippen LogP contribution >= 0.6 is 0 Å². The molecule has 1 fully saturated rings. The Labute approximate surface area is 154 Å². The summed E-state index contributed by atoms with van der Waals surface area (Å²) in [7, 11) is 0. The van der Waals surface area contributed by atoms with Crippen molar-refractivity contribution >= 4 is 5.91 Å². The summed E-state index contributed by atoms with van der Waals surface area (Å²) in [6.45, 7) is 6.61. The number of hydrogen-bond acceptors (Lipinski definition) is 3. The number of aromatic nitrogens is 2. The molecule has 2 atom stereocenters. The molecule has 0 aliphatic carbocycles.